The van der Waals surface area contributed by atoms with Crippen molar-refractivity contribution in [3.05, 3.63) is 52.3 Å². The molecule has 0 aliphatic carbocycles. The number of rotatable bonds is 7. The molecule has 0 saturated heterocycles. The molecule has 8 heteroatoms. The van der Waals surface area contributed by atoms with Crippen LogP contribution in [0.3, 0.4) is 0 Å². The van der Waals surface area contributed by atoms with Crippen LogP contribution in [0.1, 0.15) is 65.4 Å². The highest BCUT2D eigenvalue weighted by Crippen LogP contribution is 2.30. The van der Waals surface area contributed by atoms with Crippen LogP contribution in [0.15, 0.2) is 24.3 Å². The molecule has 0 atom stereocenters. The molecule has 8 nitrogen and oxygen atoms in total. The molecule has 1 aliphatic heterocycles. The van der Waals surface area contributed by atoms with E-state index in [4.69, 9.17) is 10.1 Å². The van der Waals surface area contributed by atoms with Crippen LogP contribution in [0, 0.1) is 5.41 Å². The minimum atomic E-state index is -0.376. The highest BCUT2D eigenvalue weighted by atomic mass is 16.5. The van der Waals surface area contributed by atoms with Gasteiger partial charge in [-0.05, 0) is 42.2 Å². The second-order valence-corrected chi connectivity index (χ2v) is 9.40. The number of hydrogen-bond donors (Lipinski definition) is 2. The van der Waals surface area contributed by atoms with Crippen LogP contribution < -0.4 is 15.0 Å². The molecule has 0 fully saturated rings. The standard InChI is InChI=1S/C25H33N5O3/c1-8-33-20-11-16-13-30(23(26)21(16)28-22(20)24(32)27-5)14-19(31)15-9-17(25(2,3)4)12-18(10-15)29(6)7/h9-12,26H,8,13-14H2,1-7H3,(H,27,32). The third kappa shape index (κ3) is 4.99. The molecular weight excluding hydrogens is 418 g/mol. The Kier molecular flexibility index (Phi) is 6.76. The van der Waals surface area contributed by atoms with Crippen LogP contribution >= 0.6 is 0 Å². The first-order valence-electron chi connectivity index (χ1n) is 11.0. The van der Waals surface area contributed by atoms with E-state index in [2.05, 4.69) is 37.1 Å². The number of ether oxygens (including phenoxy) is 1. The summed E-state index contributed by atoms with van der Waals surface area (Å²) in [4.78, 5) is 33.6. The van der Waals surface area contributed by atoms with Gasteiger partial charge in [-0.15, -0.1) is 0 Å². The van der Waals surface area contributed by atoms with Crippen molar-refractivity contribution in [1.82, 2.24) is 15.2 Å². The number of nitrogens with one attached hydrogen (secondary N) is 2. The van der Waals surface area contributed by atoms with Gasteiger partial charge in [0.25, 0.3) is 5.91 Å². The summed E-state index contributed by atoms with van der Waals surface area (Å²) in [5.74, 6) is 0.0635. The lowest BCUT2D eigenvalue weighted by Gasteiger charge is -2.24. The van der Waals surface area contributed by atoms with E-state index in [0.717, 1.165) is 16.8 Å². The highest BCUT2D eigenvalue weighted by Gasteiger charge is 2.31. The maximum atomic E-state index is 13.3. The van der Waals surface area contributed by atoms with Gasteiger partial charge in [-0.3, -0.25) is 15.0 Å². The zero-order chi connectivity index (χ0) is 24.5. The maximum Gasteiger partial charge on any atom is 0.273 e. The number of pyridine rings is 1. The van der Waals surface area contributed by atoms with Crippen molar-refractivity contribution in [1.29, 1.82) is 5.41 Å². The van der Waals surface area contributed by atoms with Gasteiger partial charge < -0.3 is 19.9 Å². The average Bonchev–Trinajstić information content (AvgIpc) is 3.06. The summed E-state index contributed by atoms with van der Waals surface area (Å²) in [6.45, 7) is 9.00. The average molecular weight is 452 g/mol. The molecule has 1 aromatic carbocycles. The molecular formula is C25H33N5O3. The van der Waals surface area contributed by atoms with Gasteiger partial charge in [0.1, 0.15) is 11.5 Å². The van der Waals surface area contributed by atoms with Crippen LogP contribution in [0.2, 0.25) is 0 Å². The number of amides is 1. The number of aromatic nitrogens is 1. The smallest absolute Gasteiger partial charge is 0.273 e. The Bertz CT molecular complexity index is 1100. The molecule has 2 aromatic rings. The molecule has 0 radical (unpaired) electrons. The molecule has 2 N–H and O–H groups in total. The third-order valence-corrected chi connectivity index (χ3v) is 5.67. The Balaban J connectivity index is 1.90. The summed E-state index contributed by atoms with van der Waals surface area (Å²) in [5.41, 5.74) is 3.86. The number of nitrogens with zero attached hydrogens (tertiary/aromatic N) is 3. The molecule has 3 rings (SSSR count). The molecule has 0 unspecified atom stereocenters. The number of fused-ring (bicyclic) bond motifs is 1. The van der Waals surface area contributed by atoms with Crippen molar-refractivity contribution in [2.24, 2.45) is 0 Å². The fraction of sp³-hybridized carbons (Fsp3) is 0.440. The van der Waals surface area contributed by atoms with Crippen molar-refractivity contribution in [2.75, 3.05) is 39.2 Å². The maximum absolute atomic E-state index is 13.3. The first-order chi connectivity index (χ1) is 15.5. The first-order valence-corrected chi connectivity index (χ1v) is 11.0. The molecule has 0 spiro atoms. The quantitative estimate of drug-likeness (QED) is 0.627. The molecule has 0 bridgehead atoms. The molecule has 1 amide bonds. The topological polar surface area (TPSA) is 98.6 Å². The second kappa shape index (κ2) is 9.21. The Labute approximate surface area is 195 Å². The van der Waals surface area contributed by atoms with Gasteiger partial charge in [-0.1, -0.05) is 20.8 Å². The Morgan fingerprint density at radius 3 is 2.48 bits per heavy atom. The number of carbonyl (C=O) groups is 2. The van der Waals surface area contributed by atoms with Gasteiger partial charge in [-0.2, -0.15) is 0 Å². The van der Waals surface area contributed by atoms with Crippen molar-refractivity contribution in [2.45, 2.75) is 39.7 Å². The predicted octanol–water partition coefficient (Wildman–Crippen LogP) is 3.23. The van der Waals surface area contributed by atoms with Crippen LogP contribution in [0.25, 0.3) is 0 Å². The lowest BCUT2D eigenvalue weighted by atomic mass is 9.85. The van der Waals surface area contributed by atoms with Crippen molar-refractivity contribution < 1.29 is 14.3 Å². The number of benzene rings is 1. The van der Waals surface area contributed by atoms with Crippen molar-refractivity contribution >= 4 is 23.2 Å². The molecule has 1 aromatic heterocycles. The monoisotopic (exact) mass is 451 g/mol. The van der Waals surface area contributed by atoms with Crippen molar-refractivity contribution in [3.63, 3.8) is 0 Å². The lowest BCUT2D eigenvalue weighted by molar-refractivity contribution is 0.0949. The molecule has 33 heavy (non-hydrogen) atoms. The van der Waals surface area contributed by atoms with Crippen LogP contribution in [-0.4, -0.2) is 61.7 Å². The molecule has 2 heterocycles. The van der Waals surface area contributed by atoms with E-state index in [1.165, 1.54) is 7.05 Å². The summed E-state index contributed by atoms with van der Waals surface area (Å²) in [7, 11) is 5.43. The largest absolute Gasteiger partial charge is 0.491 e. The number of carbonyl (C=O) groups excluding carboxylic acids is 2. The summed E-state index contributed by atoms with van der Waals surface area (Å²) in [5, 5.41) is 11.2. The second-order valence-electron chi connectivity index (χ2n) is 9.40. The lowest BCUT2D eigenvalue weighted by Crippen LogP contribution is -2.31. The predicted molar refractivity (Wildman–Crippen MR) is 130 cm³/mol. The highest BCUT2D eigenvalue weighted by molar-refractivity contribution is 6.05. The van der Waals surface area contributed by atoms with Crippen LogP contribution in [-0.2, 0) is 12.0 Å². The van der Waals surface area contributed by atoms with Gasteiger partial charge >= 0.3 is 0 Å². The zero-order valence-electron chi connectivity index (χ0n) is 20.5. The Morgan fingerprint density at radius 2 is 1.91 bits per heavy atom. The minimum absolute atomic E-state index is 0.0505. The van der Waals surface area contributed by atoms with Gasteiger partial charge in [0, 0.05) is 44.5 Å². The summed E-state index contributed by atoms with van der Waals surface area (Å²) in [6.07, 6.45) is 0. The zero-order valence-corrected chi connectivity index (χ0v) is 20.5. The molecule has 0 saturated carbocycles. The van der Waals surface area contributed by atoms with E-state index in [-0.39, 0.29) is 35.2 Å². The normalized spacial score (nSPS) is 13.1. The van der Waals surface area contributed by atoms with E-state index in [9.17, 15) is 9.59 Å². The Hall–Kier alpha value is -3.42. The van der Waals surface area contributed by atoms with E-state index >= 15 is 0 Å². The van der Waals surface area contributed by atoms with Gasteiger partial charge in [-0.25, -0.2) is 4.98 Å². The van der Waals surface area contributed by atoms with Gasteiger partial charge in [0.15, 0.2) is 17.2 Å². The van der Waals surface area contributed by atoms with E-state index in [1.807, 2.05) is 38.1 Å². The molecule has 1 aliphatic rings. The van der Waals surface area contributed by atoms with Crippen LogP contribution in [0.4, 0.5) is 5.69 Å². The fourth-order valence-corrected chi connectivity index (χ4v) is 3.70. The van der Waals surface area contributed by atoms with E-state index in [1.54, 1.807) is 11.0 Å². The number of Topliss-reactive ketones (excluding diaryl/α,β-unsaturated/α-hetero) is 1. The molecule has 176 valence electrons. The minimum Gasteiger partial charge on any atom is -0.491 e. The summed E-state index contributed by atoms with van der Waals surface area (Å²) < 4.78 is 5.60. The summed E-state index contributed by atoms with van der Waals surface area (Å²) in [6, 6.07) is 7.68. The van der Waals surface area contributed by atoms with Crippen LogP contribution in [0.5, 0.6) is 5.75 Å². The van der Waals surface area contributed by atoms with Gasteiger partial charge in [0.05, 0.1) is 13.2 Å². The Morgan fingerprint density at radius 1 is 1.21 bits per heavy atom. The number of ketones is 1. The van der Waals surface area contributed by atoms with E-state index in [0.29, 0.717) is 30.2 Å². The summed E-state index contributed by atoms with van der Waals surface area (Å²) >= 11 is 0. The SMILES string of the molecule is CCOc1cc2c(nc1C(=O)NC)C(=N)N(CC(=O)c1cc(N(C)C)cc(C(C)(C)C)c1)C2. The first kappa shape index (κ1) is 24.2. The third-order valence-electron chi connectivity index (χ3n) is 5.67. The van der Waals surface area contributed by atoms with Gasteiger partial charge in [0.2, 0.25) is 0 Å². The number of hydrogen-bond acceptors (Lipinski definition) is 6. The van der Waals surface area contributed by atoms with E-state index < -0.39 is 0 Å². The van der Waals surface area contributed by atoms with Crippen molar-refractivity contribution in [3.8, 4) is 5.75 Å². The fourth-order valence-electron chi connectivity index (χ4n) is 3.70. The number of anilines is 1. The number of amidine groups is 1.